The van der Waals surface area contributed by atoms with Gasteiger partial charge in [-0.05, 0) is 72.0 Å². The van der Waals surface area contributed by atoms with Gasteiger partial charge in [0.1, 0.15) is 5.75 Å². The number of hydrogen-bond donors (Lipinski definition) is 0. The third-order valence-corrected chi connectivity index (χ3v) is 7.14. The molecular formula is C27H24O3S. The molecule has 0 saturated heterocycles. The molecule has 0 amide bonds. The SMILES string of the molecule is COc1ccc(-c2ccc(Cc3ccc(S(=O)(=O)c4ccc(C)cc4)cc3)cc2)cc1. The molecule has 0 atom stereocenters. The van der Waals surface area contributed by atoms with Crippen LogP contribution in [0.15, 0.2) is 107 Å². The summed E-state index contributed by atoms with van der Waals surface area (Å²) in [6.45, 7) is 1.94. The fourth-order valence-corrected chi connectivity index (χ4v) is 4.74. The molecule has 0 aliphatic carbocycles. The van der Waals surface area contributed by atoms with E-state index < -0.39 is 9.84 Å². The summed E-state index contributed by atoms with van der Waals surface area (Å²) < 4.78 is 30.9. The highest BCUT2D eigenvalue weighted by atomic mass is 32.2. The molecule has 0 fully saturated rings. The summed E-state index contributed by atoms with van der Waals surface area (Å²) >= 11 is 0. The Bertz CT molecular complexity index is 1250. The number of ether oxygens (including phenoxy) is 1. The Morgan fingerprint density at radius 3 is 1.52 bits per heavy atom. The van der Waals surface area contributed by atoms with Crippen LogP contribution in [-0.4, -0.2) is 15.5 Å². The van der Waals surface area contributed by atoms with Gasteiger partial charge in [0.25, 0.3) is 0 Å². The molecule has 0 aromatic heterocycles. The predicted molar refractivity (Wildman–Crippen MR) is 124 cm³/mol. The summed E-state index contributed by atoms with van der Waals surface area (Å²) in [5.41, 5.74) is 5.56. The van der Waals surface area contributed by atoms with E-state index in [1.54, 1.807) is 31.4 Å². The highest BCUT2D eigenvalue weighted by Gasteiger charge is 2.17. The van der Waals surface area contributed by atoms with Crippen molar-refractivity contribution in [3.8, 4) is 16.9 Å². The van der Waals surface area contributed by atoms with Gasteiger partial charge in [0.2, 0.25) is 9.84 Å². The zero-order chi connectivity index (χ0) is 21.8. The van der Waals surface area contributed by atoms with Crippen molar-refractivity contribution >= 4 is 9.84 Å². The average molecular weight is 429 g/mol. The second-order valence-electron chi connectivity index (χ2n) is 7.56. The molecule has 156 valence electrons. The fraction of sp³-hybridized carbons (Fsp3) is 0.111. The van der Waals surface area contributed by atoms with Crippen LogP contribution in [0, 0.1) is 6.92 Å². The van der Waals surface area contributed by atoms with Gasteiger partial charge in [-0.15, -0.1) is 0 Å². The summed E-state index contributed by atoms with van der Waals surface area (Å²) in [4.78, 5) is 0.634. The van der Waals surface area contributed by atoms with Crippen molar-refractivity contribution < 1.29 is 13.2 Å². The molecule has 0 heterocycles. The number of rotatable bonds is 6. The van der Waals surface area contributed by atoms with Gasteiger partial charge in [0, 0.05) is 0 Å². The molecule has 0 spiro atoms. The Morgan fingerprint density at radius 1 is 0.613 bits per heavy atom. The Balaban J connectivity index is 1.48. The molecule has 31 heavy (non-hydrogen) atoms. The molecule has 0 aliphatic heterocycles. The van der Waals surface area contributed by atoms with Crippen molar-refractivity contribution in [2.45, 2.75) is 23.1 Å². The van der Waals surface area contributed by atoms with Gasteiger partial charge in [0.15, 0.2) is 0 Å². The summed E-state index contributed by atoms with van der Waals surface area (Å²) in [6, 6.07) is 30.5. The molecule has 0 N–H and O–H groups in total. The van der Waals surface area contributed by atoms with Gasteiger partial charge in [0.05, 0.1) is 16.9 Å². The first-order chi connectivity index (χ1) is 15.0. The first-order valence-corrected chi connectivity index (χ1v) is 11.6. The molecule has 4 heteroatoms. The number of methoxy groups -OCH3 is 1. The van der Waals surface area contributed by atoms with Gasteiger partial charge in [-0.3, -0.25) is 0 Å². The van der Waals surface area contributed by atoms with Gasteiger partial charge in [-0.25, -0.2) is 8.42 Å². The largest absolute Gasteiger partial charge is 0.497 e. The molecule has 4 aromatic carbocycles. The van der Waals surface area contributed by atoms with Crippen molar-refractivity contribution in [3.05, 3.63) is 114 Å². The fourth-order valence-electron chi connectivity index (χ4n) is 3.47. The van der Waals surface area contributed by atoms with Crippen LogP contribution in [-0.2, 0) is 16.3 Å². The van der Waals surface area contributed by atoms with Crippen LogP contribution in [0.1, 0.15) is 16.7 Å². The lowest BCUT2D eigenvalue weighted by Crippen LogP contribution is -2.02. The van der Waals surface area contributed by atoms with E-state index in [4.69, 9.17) is 4.74 Å². The third-order valence-electron chi connectivity index (χ3n) is 5.35. The van der Waals surface area contributed by atoms with E-state index in [-0.39, 0.29) is 0 Å². The predicted octanol–water partition coefficient (Wildman–Crippen LogP) is 6.09. The molecule has 0 saturated carbocycles. The maximum absolute atomic E-state index is 12.8. The lowest BCUT2D eigenvalue weighted by molar-refractivity contribution is 0.415. The molecular weight excluding hydrogens is 404 g/mol. The van der Waals surface area contributed by atoms with Crippen LogP contribution >= 0.6 is 0 Å². The summed E-state index contributed by atoms with van der Waals surface area (Å²) in [6.07, 6.45) is 0.744. The zero-order valence-electron chi connectivity index (χ0n) is 17.6. The van der Waals surface area contributed by atoms with Crippen LogP contribution in [0.3, 0.4) is 0 Å². The molecule has 0 bridgehead atoms. The van der Waals surface area contributed by atoms with E-state index in [2.05, 4.69) is 24.3 Å². The zero-order valence-corrected chi connectivity index (χ0v) is 18.4. The maximum Gasteiger partial charge on any atom is 0.206 e. The Labute approximate surface area is 183 Å². The van der Waals surface area contributed by atoms with E-state index >= 15 is 0 Å². The smallest absolute Gasteiger partial charge is 0.206 e. The topological polar surface area (TPSA) is 43.4 Å². The maximum atomic E-state index is 12.8. The van der Waals surface area contributed by atoms with Gasteiger partial charge < -0.3 is 4.74 Å². The first-order valence-electron chi connectivity index (χ1n) is 10.1. The number of benzene rings is 4. The normalized spacial score (nSPS) is 11.3. The summed E-state index contributed by atoms with van der Waals surface area (Å²) in [5, 5.41) is 0. The second kappa shape index (κ2) is 8.78. The Kier molecular flexibility index (Phi) is 5.92. The monoisotopic (exact) mass is 428 g/mol. The highest BCUT2D eigenvalue weighted by molar-refractivity contribution is 7.91. The molecule has 0 aliphatic rings. The van der Waals surface area contributed by atoms with Crippen molar-refractivity contribution in [2.24, 2.45) is 0 Å². The summed E-state index contributed by atoms with van der Waals surface area (Å²) in [5.74, 6) is 0.841. The standard InChI is InChI=1S/C27H24O3S/c1-20-3-15-26(16-4-20)31(28,29)27-17-7-22(8-18-27)19-21-5-9-23(10-6-21)24-11-13-25(30-2)14-12-24/h3-18H,19H2,1-2H3. The van der Waals surface area contributed by atoms with Crippen molar-refractivity contribution in [3.63, 3.8) is 0 Å². The van der Waals surface area contributed by atoms with Crippen LogP contribution in [0.2, 0.25) is 0 Å². The van der Waals surface area contributed by atoms with E-state index in [0.717, 1.165) is 34.4 Å². The minimum Gasteiger partial charge on any atom is -0.497 e. The van der Waals surface area contributed by atoms with Crippen LogP contribution in [0.25, 0.3) is 11.1 Å². The molecule has 0 radical (unpaired) electrons. The number of aryl methyl sites for hydroxylation is 1. The van der Waals surface area contributed by atoms with Crippen molar-refractivity contribution in [1.82, 2.24) is 0 Å². The van der Waals surface area contributed by atoms with E-state index in [0.29, 0.717) is 9.79 Å². The first kappa shape index (κ1) is 20.9. The lowest BCUT2D eigenvalue weighted by Gasteiger charge is -2.08. The Hall–Kier alpha value is -3.37. The third kappa shape index (κ3) is 4.70. The second-order valence-corrected chi connectivity index (χ2v) is 9.51. The number of sulfone groups is 1. The molecule has 3 nitrogen and oxygen atoms in total. The van der Waals surface area contributed by atoms with Crippen LogP contribution < -0.4 is 4.74 Å². The van der Waals surface area contributed by atoms with Gasteiger partial charge in [-0.1, -0.05) is 66.2 Å². The van der Waals surface area contributed by atoms with Crippen molar-refractivity contribution in [2.75, 3.05) is 7.11 Å². The van der Waals surface area contributed by atoms with Gasteiger partial charge >= 0.3 is 0 Å². The lowest BCUT2D eigenvalue weighted by atomic mass is 10.0. The molecule has 4 aromatic rings. The minimum absolute atomic E-state index is 0.315. The van der Waals surface area contributed by atoms with E-state index in [9.17, 15) is 8.42 Å². The van der Waals surface area contributed by atoms with Crippen LogP contribution in [0.5, 0.6) is 5.75 Å². The Morgan fingerprint density at radius 2 is 1.03 bits per heavy atom. The quantitative estimate of drug-likeness (QED) is 0.373. The molecule has 0 unspecified atom stereocenters. The average Bonchev–Trinajstić information content (AvgIpc) is 2.80. The minimum atomic E-state index is -3.50. The van der Waals surface area contributed by atoms with E-state index in [1.165, 1.54) is 5.56 Å². The van der Waals surface area contributed by atoms with E-state index in [1.807, 2.05) is 55.5 Å². The van der Waals surface area contributed by atoms with Crippen molar-refractivity contribution in [1.29, 1.82) is 0 Å². The number of hydrogen-bond acceptors (Lipinski definition) is 3. The van der Waals surface area contributed by atoms with Crippen LogP contribution in [0.4, 0.5) is 0 Å². The van der Waals surface area contributed by atoms with Gasteiger partial charge in [-0.2, -0.15) is 0 Å². The highest BCUT2D eigenvalue weighted by Crippen LogP contribution is 2.25. The summed E-state index contributed by atoms with van der Waals surface area (Å²) in [7, 11) is -1.83. The molecule has 4 rings (SSSR count).